The molecular formula is C22H32N2O3. The maximum atomic E-state index is 12.6. The fraction of sp³-hybridized carbons (Fsp3) is 0.682. The third-order valence-corrected chi connectivity index (χ3v) is 6.04. The number of hydrogen-bond acceptors (Lipinski definition) is 4. The van der Waals surface area contributed by atoms with Crippen molar-refractivity contribution in [1.82, 2.24) is 9.80 Å². The zero-order valence-electron chi connectivity index (χ0n) is 16.3. The lowest BCUT2D eigenvalue weighted by atomic mass is 9.99. The van der Waals surface area contributed by atoms with Gasteiger partial charge in [-0.1, -0.05) is 12.5 Å². The first-order valence-corrected chi connectivity index (χ1v) is 10.7. The average molecular weight is 373 g/mol. The number of carbonyl (C=O) groups excluding carboxylic acids is 1. The van der Waals surface area contributed by atoms with Gasteiger partial charge in [0.15, 0.2) is 0 Å². The number of hydrogen-bond donors (Lipinski definition) is 0. The maximum absolute atomic E-state index is 12.6. The maximum Gasteiger partial charge on any atom is 0.252 e. The monoisotopic (exact) mass is 372 g/mol. The van der Waals surface area contributed by atoms with E-state index in [4.69, 9.17) is 9.47 Å². The third-order valence-electron chi connectivity index (χ3n) is 6.04. The minimum Gasteiger partial charge on any atom is -0.494 e. The highest BCUT2D eigenvalue weighted by Gasteiger charge is 2.30. The van der Waals surface area contributed by atoms with Gasteiger partial charge in [-0.25, -0.2) is 0 Å². The largest absolute Gasteiger partial charge is 0.494 e. The van der Waals surface area contributed by atoms with E-state index in [9.17, 15) is 4.79 Å². The van der Waals surface area contributed by atoms with Gasteiger partial charge in [-0.3, -0.25) is 4.79 Å². The smallest absolute Gasteiger partial charge is 0.252 e. The Bertz CT molecular complexity index is 636. The number of nitrogens with zero attached hydrogens (tertiary/aromatic N) is 2. The Labute approximate surface area is 162 Å². The topological polar surface area (TPSA) is 42.0 Å². The zero-order chi connectivity index (χ0) is 18.5. The highest BCUT2D eigenvalue weighted by Crippen LogP contribution is 2.26. The summed E-state index contributed by atoms with van der Waals surface area (Å²) >= 11 is 0. The first kappa shape index (κ1) is 18.8. The first-order valence-electron chi connectivity index (χ1n) is 10.7. The Kier molecular flexibility index (Phi) is 6.30. The number of benzene rings is 1. The number of piperidine rings is 1. The van der Waals surface area contributed by atoms with Crippen LogP contribution in [0, 0.1) is 0 Å². The molecule has 1 aromatic carbocycles. The number of fused-ring (bicyclic) bond motifs is 1. The molecule has 3 aliphatic heterocycles. The van der Waals surface area contributed by atoms with Crippen LogP contribution < -0.4 is 4.74 Å². The molecule has 5 heteroatoms. The van der Waals surface area contributed by atoms with Crippen molar-refractivity contribution in [3.63, 3.8) is 0 Å². The van der Waals surface area contributed by atoms with Crippen molar-refractivity contribution in [2.24, 2.45) is 0 Å². The second-order valence-electron chi connectivity index (χ2n) is 8.05. The van der Waals surface area contributed by atoms with Crippen LogP contribution in [0.4, 0.5) is 0 Å². The molecule has 1 aromatic rings. The van der Waals surface area contributed by atoms with Crippen LogP contribution in [0.1, 0.15) is 49.7 Å². The molecule has 0 spiro atoms. The molecule has 3 heterocycles. The lowest BCUT2D eigenvalue weighted by Gasteiger charge is -2.31. The van der Waals surface area contributed by atoms with E-state index in [1.165, 1.54) is 43.5 Å². The van der Waals surface area contributed by atoms with E-state index in [-0.39, 0.29) is 12.0 Å². The van der Waals surface area contributed by atoms with Gasteiger partial charge < -0.3 is 19.3 Å². The molecule has 0 N–H and O–H groups in total. The SMILES string of the molecule is O=C(C1CCCO1)N1CCc2cc(OCCCN3CCCCC3)ccc2C1. The van der Waals surface area contributed by atoms with Gasteiger partial charge in [0.1, 0.15) is 11.9 Å². The van der Waals surface area contributed by atoms with Crippen LogP contribution in [0.3, 0.4) is 0 Å². The Hall–Kier alpha value is -1.59. The van der Waals surface area contributed by atoms with Crippen LogP contribution >= 0.6 is 0 Å². The number of carbonyl (C=O) groups is 1. The van der Waals surface area contributed by atoms with Gasteiger partial charge in [0.05, 0.1) is 6.61 Å². The minimum atomic E-state index is -0.214. The normalized spacial score (nSPS) is 23.3. The number of amides is 1. The summed E-state index contributed by atoms with van der Waals surface area (Å²) in [6.07, 6.45) is 7.72. The minimum absolute atomic E-state index is 0.163. The second-order valence-corrected chi connectivity index (χ2v) is 8.05. The van der Waals surface area contributed by atoms with Gasteiger partial charge in [0.25, 0.3) is 5.91 Å². The van der Waals surface area contributed by atoms with Crippen molar-refractivity contribution < 1.29 is 14.3 Å². The summed E-state index contributed by atoms with van der Waals surface area (Å²) < 4.78 is 11.6. The Morgan fingerprint density at radius 3 is 2.81 bits per heavy atom. The molecular weight excluding hydrogens is 340 g/mol. The van der Waals surface area contributed by atoms with Crippen molar-refractivity contribution in [3.05, 3.63) is 29.3 Å². The molecule has 5 nitrogen and oxygen atoms in total. The van der Waals surface area contributed by atoms with Crippen LogP contribution in [0.25, 0.3) is 0 Å². The fourth-order valence-electron chi connectivity index (χ4n) is 4.44. The van der Waals surface area contributed by atoms with Crippen molar-refractivity contribution >= 4 is 5.91 Å². The summed E-state index contributed by atoms with van der Waals surface area (Å²) in [5, 5.41) is 0. The van der Waals surface area contributed by atoms with Crippen molar-refractivity contribution in [2.75, 3.05) is 39.4 Å². The molecule has 0 saturated carbocycles. The highest BCUT2D eigenvalue weighted by molar-refractivity contribution is 5.81. The summed E-state index contributed by atoms with van der Waals surface area (Å²) in [6.45, 7) is 6.62. The van der Waals surface area contributed by atoms with E-state index in [1.807, 2.05) is 4.90 Å². The summed E-state index contributed by atoms with van der Waals surface area (Å²) in [5.41, 5.74) is 2.56. The molecule has 1 unspecified atom stereocenters. The molecule has 3 aliphatic rings. The predicted octanol–water partition coefficient (Wildman–Crippen LogP) is 3.01. The molecule has 27 heavy (non-hydrogen) atoms. The van der Waals surface area contributed by atoms with E-state index in [2.05, 4.69) is 23.1 Å². The molecule has 1 atom stereocenters. The molecule has 0 aliphatic carbocycles. The Morgan fingerprint density at radius 2 is 2.00 bits per heavy atom. The molecule has 1 amide bonds. The highest BCUT2D eigenvalue weighted by atomic mass is 16.5. The van der Waals surface area contributed by atoms with Crippen LogP contribution in [0.2, 0.25) is 0 Å². The lowest BCUT2D eigenvalue weighted by molar-refractivity contribution is -0.141. The second kappa shape index (κ2) is 9.07. The van der Waals surface area contributed by atoms with Gasteiger partial charge in [-0.2, -0.15) is 0 Å². The number of rotatable bonds is 6. The van der Waals surface area contributed by atoms with Gasteiger partial charge >= 0.3 is 0 Å². The molecule has 4 rings (SSSR count). The van der Waals surface area contributed by atoms with Crippen molar-refractivity contribution in [3.8, 4) is 5.75 Å². The molecule has 2 fully saturated rings. The number of ether oxygens (including phenoxy) is 2. The van der Waals surface area contributed by atoms with Crippen LogP contribution in [-0.2, 0) is 22.5 Å². The molecule has 0 radical (unpaired) electrons. The van der Waals surface area contributed by atoms with Crippen molar-refractivity contribution in [1.29, 1.82) is 0 Å². The van der Waals surface area contributed by atoms with Crippen LogP contribution in [0.5, 0.6) is 5.75 Å². The molecule has 0 aromatic heterocycles. The van der Waals surface area contributed by atoms with Crippen LogP contribution in [-0.4, -0.2) is 61.2 Å². The zero-order valence-corrected chi connectivity index (χ0v) is 16.3. The first-order chi connectivity index (χ1) is 13.3. The Balaban J connectivity index is 1.25. The molecule has 2 saturated heterocycles. The Morgan fingerprint density at radius 1 is 1.11 bits per heavy atom. The van der Waals surface area contributed by atoms with Gasteiger partial charge in [0.2, 0.25) is 0 Å². The third kappa shape index (κ3) is 4.82. The molecule has 0 bridgehead atoms. The van der Waals surface area contributed by atoms with E-state index in [1.54, 1.807) is 0 Å². The lowest BCUT2D eigenvalue weighted by Crippen LogP contribution is -2.41. The predicted molar refractivity (Wildman–Crippen MR) is 105 cm³/mol. The van der Waals surface area contributed by atoms with Gasteiger partial charge in [0, 0.05) is 26.2 Å². The summed E-state index contributed by atoms with van der Waals surface area (Å²) in [5.74, 6) is 1.13. The van der Waals surface area contributed by atoms with E-state index in [0.29, 0.717) is 6.54 Å². The van der Waals surface area contributed by atoms with Gasteiger partial charge in [-0.05, 0) is 74.9 Å². The summed E-state index contributed by atoms with van der Waals surface area (Å²) in [6, 6.07) is 6.36. The van der Waals surface area contributed by atoms with Crippen LogP contribution in [0.15, 0.2) is 18.2 Å². The standard InChI is InChI=1S/C22H32N2O3/c25-22(21-6-4-14-27-21)24-13-9-18-16-20(8-7-19(18)17-24)26-15-5-12-23-10-2-1-3-11-23/h7-8,16,21H,1-6,9-15,17H2. The van der Waals surface area contributed by atoms with E-state index < -0.39 is 0 Å². The van der Waals surface area contributed by atoms with E-state index in [0.717, 1.165) is 57.7 Å². The number of likely N-dealkylation sites (tertiary alicyclic amines) is 1. The fourth-order valence-corrected chi connectivity index (χ4v) is 4.44. The van der Waals surface area contributed by atoms with Crippen molar-refractivity contribution in [2.45, 2.75) is 57.6 Å². The van der Waals surface area contributed by atoms with Gasteiger partial charge in [-0.15, -0.1) is 0 Å². The molecule has 148 valence electrons. The summed E-state index contributed by atoms with van der Waals surface area (Å²) in [7, 11) is 0. The summed E-state index contributed by atoms with van der Waals surface area (Å²) in [4.78, 5) is 17.1. The quantitative estimate of drug-likeness (QED) is 0.720. The average Bonchev–Trinajstić information content (AvgIpc) is 3.26. The van der Waals surface area contributed by atoms with E-state index >= 15 is 0 Å².